The van der Waals surface area contributed by atoms with E-state index in [9.17, 15) is 0 Å². The van der Waals surface area contributed by atoms with E-state index in [1.807, 2.05) is 7.05 Å². The lowest BCUT2D eigenvalue weighted by molar-refractivity contribution is 0.496. The molecule has 0 fully saturated rings. The molecule has 17 heavy (non-hydrogen) atoms. The first kappa shape index (κ1) is 12.7. The van der Waals surface area contributed by atoms with E-state index in [0.29, 0.717) is 0 Å². The van der Waals surface area contributed by atoms with E-state index >= 15 is 0 Å². The van der Waals surface area contributed by atoms with Crippen LogP contribution in [0, 0.1) is 0 Å². The van der Waals surface area contributed by atoms with Crippen molar-refractivity contribution in [3.05, 3.63) is 34.4 Å². The molecule has 92 valence electrons. The summed E-state index contributed by atoms with van der Waals surface area (Å²) in [6.45, 7) is 5.52. The zero-order chi connectivity index (χ0) is 12.6. The van der Waals surface area contributed by atoms with Gasteiger partial charge in [0.1, 0.15) is 0 Å². The highest BCUT2D eigenvalue weighted by atomic mass is 79.9. The summed E-state index contributed by atoms with van der Waals surface area (Å²) >= 11 is 3.56. The number of hydrogen-bond donors (Lipinski definition) is 1. The zero-order valence-electron chi connectivity index (χ0n) is 10.8. The molecular weight excluding hydrogens is 276 g/mol. The monoisotopic (exact) mass is 294 g/mol. The average Bonchev–Trinajstić information content (AvgIpc) is 2.56. The van der Waals surface area contributed by atoms with Gasteiger partial charge >= 0.3 is 0 Å². The van der Waals surface area contributed by atoms with E-state index < -0.39 is 0 Å². The second-order valence-corrected chi connectivity index (χ2v) is 6.15. The summed E-state index contributed by atoms with van der Waals surface area (Å²) in [5.41, 5.74) is 2.81. The number of nitrogens with one attached hydrogen (secondary N) is 1. The molecular formula is C14H19BrN2. The van der Waals surface area contributed by atoms with Crippen molar-refractivity contribution >= 4 is 26.8 Å². The van der Waals surface area contributed by atoms with Crippen LogP contribution < -0.4 is 5.32 Å². The summed E-state index contributed by atoms with van der Waals surface area (Å²) in [4.78, 5) is 0. The fraction of sp³-hybridized carbons (Fsp3) is 0.429. The van der Waals surface area contributed by atoms with Crippen LogP contribution in [-0.4, -0.2) is 18.2 Å². The Labute approximate surface area is 111 Å². The molecule has 0 aliphatic rings. The molecule has 0 aliphatic heterocycles. The topological polar surface area (TPSA) is 17.0 Å². The summed E-state index contributed by atoms with van der Waals surface area (Å²) in [5.74, 6) is 0. The van der Waals surface area contributed by atoms with Gasteiger partial charge in [0.05, 0.1) is 0 Å². The molecule has 0 aliphatic carbocycles. The maximum absolute atomic E-state index is 3.56. The Balaban J connectivity index is 2.65. The number of nitrogens with zero attached hydrogens (tertiary/aromatic N) is 1. The quantitative estimate of drug-likeness (QED) is 0.918. The van der Waals surface area contributed by atoms with Gasteiger partial charge in [-0.15, -0.1) is 0 Å². The van der Waals surface area contributed by atoms with Gasteiger partial charge in [0.25, 0.3) is 0 Å². The first-order valence-electron chi connectivity index (χ1n) is 5.85. The van der Waals surface area contributed by atoms with Crippen LogP contribution in [0.5, 0.6) is 0 Å². The molecule has 0 saturated heterocycles. The van der Waals surface area contributed by atoms with Gasteiger partial charge in [0.15, 0.2) is 0 Å². The number of aromatic nitrogens is 1. The first-order chi connectivity index (χ1) is 7.95. The summed E-state index contributed by atoms with van der Waals surface area (Å²) in [7, 11) is 4.11. The lowest BCUT2D eigenvalue weighted by Crippen LogP contribution is -2.30. The Hall–Kier alpha value is -0.800. The molecule has 0 saturated carbocycles. The van der Waals surface area contributed by atoms with Gasteiger partial charge < -0.3 is 9.88 Å². The highest BCUT2D eigenvalue weighted by Crippen LogP contribution is 2.32. The first-order valence-corrected chi connectivity index (χ1v) is 6.64. The van der Waals surface area contributed by atoms with Gasteiger partial charge in [0.2, 0.25) is 0 Å². The van der Waals surface area contributed by atoms with Crippen molar-refractivity contribution in [2.45, 2.75) is 19.3 Å². The fourth-order valence-electron chi connectivity index (χ4n) is 2.44. The summed E-state index contributed by atoms with van der Waals surface area (Å²) in [5, 5.41) is 4.61. The third-order valence-corrected chi connectivity index (χ3v) is 3.79. The van der Waals surface area contributed by atoms with Crippen molar-refractivity contribution in [1.29, 1.82) is 0 Å². The summed E-state index contributed by atoms with van der Waals surface area (Å²) in [6, 6.07) is 6.47. The molecule has 0 radical (unpaired) electrons. The van der Waals surface area contributed by atoms with Crippen LogP contribution in [-0.2, 0) is 12.5 Å². The van der Waals surface area contributed by atoms with Gasteiger partial charge in [-0.1, -0.05) is 29.8 Å². The number of hydrogen-bond acceptors (Lipinski definition) is 1. The van der Waals surface area contributed by atoms with Gasteiger partial charge in [-0.3, -0.25) is 0 Å². The molecule has 2 aromatic rings. The Morgan fingerprint density at radius 1 is 1.35 bits per heavy atom. The van der Waals surface area contributed by atoms with Crippen molar-refractivity contribution < 1.29 is 0 Å². The Bertz CT molecular complexity index is 540. The second kappa shape index (κ2) is 4.46. The number of fused-ring (bicyclic) bond motifs is 1. The SMILES string of the molecule is CNCC(C)(C)c1cn(C)c2ccc(Br)cc12. The van der Waals surface area contributed by atoms with Crippen molar-refractivity contribution in [3.63, 3.8) is 0 Å². The van der Waals surface area contributed by atoms with Crippen molar-refractivity contribution in [2.24, 2.45) is 7.05 Å². The van der Waals surface area contributed by atoms with E-state index in [0.717, 1.165) is 11.0 Å². The highest BCUT2D eigenvalue weighted by molar-refractivity contribution is 9.10. The minimum Gasteiger partial charge on any atom is -0.350 e. The van der Waals surface area contributed by atoms with E-state index in [1.54, 1.807) is 0 Å². The largest absolute Gasteiger partial charge is 0.350 e. The summed E-state index contributed by atoms with van der Waals surface area (Å²) < 4.78 is 3.34. The van der Waals surface area contributed by atoms with E-state index in [1.165, 1.54) is 16.5 Å². The fourth-order valence-corrected chi connectivity index (χ4v) is 2.80. The highest BCUT2D eigenvalue weighted by Gasteiger charge is 2.24. The molecule has 2 nitrogen and oxygen atoms in total. The third-order valence-electron chi connectivity index (χ3n) is 3.30. The molecule has 0 amide bonds. The van der Waals surface area contributed by atoms with Crippen molar-refractivity contribution in [3.8, 4) is 0 Å². The number of rotatable bonds is 3. The van der Waals surface area contributed by atoms with Crippen LogP contribution in [0.2, 0.25) is 0 Å². The minimum absolute atomic E-state index is 0.134. The second-order valence-electron chi connectivity index (χ2n) is 5.23. The Morgan fingerprint density at radius 3 is 2.71 bits per heavy atom. The van der Waals surface area contributed by atoms with Gasteiger partial charge in [-0.25, -0.2) is 0 Å². The normalized spacial score (nSPS) is 12.3. The van der Waals surface area contributed by atoms with Crippen LogP contribution in [0.1, 0.15) is 19.4 Å². The van der Waals surface area contributed by atoms with Crippen LogP contribution in [0.25, 0.3) is 10.9 Å². The Morgan fingerprint density at radius 2 is 2.06 bits per heavy atom. The molecule has 0 unspecified atom stereocenters. The third kappa shape index (κ3) is 2.26. The number of halogens is 1. The molecule has 1 aromatic carbocycles. The predicted molar refractivity (Wildman–Crippen MR) is 77.6 cm³/mol. The molecule has 3 heteroatoms. The maximum Gasteiger partial charge on any atom is 0.0481 e. The van der Waals surface area contributed by atoms with Crippen LogP contribution >= 0.6 is 15.9 Å². The molecule has 2 rings (SSSR count). The maximum atomic E-state index is 3.56. The number of aryl methyl sites for hydroxylation is 1. The van der Waals surface area contributed by atoms with E-state index in [-0.39, 0.29) is 5.41 Å². The van der Waals surface area contributed by atoms with Crippen LogP contribution in [0.4, 0.5) is 0 Å². The molecule has 1 N–H and O–H groups in total. The van der Waals surface area contributed by atoms with Gasteiger partial charge in [0, 0.05) is 40.6 Å². The number of likely N-dealkylation sites (N-methyl/N-ethyl adjacent to an activating group) is 1. The van der Waals surface area contributed by atoms with Crippen molar-refractivity contribution in [2.75, 3.05) is 13.6 Å². The minimum atomic E-state index is 0.134. The van der Waals surface area contributed by atoms with Crippen molar-refractivity contribution in [1.82, 2.24) is 9.88 Å². The zero-order valence-corrected chi connectivity index (χ0v) is 12.4. The van der Waals surface area contributed by atoms with E-state index in [4.69, 9.17) is 0 Å². The molecule has 1 aromatic heterocycles. The predicted octanol–water partition coefficient (Wildman–Crippen LogP) is 3.44. The molecule has 0 spiro atoms. The molecule has 0 bridgehead atoms. The lowest BCUT2D eigenvalue weighted by Gasteiger charge is -2.24. The van der Waals surface area contributed by atoms with Crippen LogP contribution in [0.15, 0.2) is 28.9 Å². The average molecular weight is 295 g/mol. The molecule has 0 atom stereocenters. The summed E-state index contributed by atoms with van der Waals surface area (Å²) in [6.07, 6.45) is 2.24. The lowest BCUT2D eigenvalue weighted by atomic mass is 9.84. The molecule has 1 heterocycles. The van der Waals surface area contributed by atoms with Gasteiger partial charge in [-0.2, -0.15) is 0 Å². The Kier molecular flexibility index (Phi) is 3.32. The smallest absolute Gasteiger partial charge is 0.0481 e. The standard InChI is InChI=1S/C14H19BrN2/c1-14(2,9-16-3)12-8-17(4)13-6-5-10(15)7-11(12)13/h5-8,16H,9H2,1-4H3. The number of benzene rings is 1. The van der Waals surface area contributed by atoms with Gasteiger partial charge in [-0.05, 0) is 30.8 Å². The van der Waals surface area contributed by atoms with E-state index in [2.05, 4.69) is 71.1 Å². The van der Waals surface area contributed by atoms with Crippen LogP contribution in [0.3, 0.4) is 0 Å².